The molecule has 0 amide bonds. The van der Waals surface area contributed by atoms with Crippen LogP contribution in [0.5, 0.6) is 5.75 Å². The second-order valence-corrected chi connectivity index (χ2v) is 10.8. The third-order valence-electron chi connectivity index (χ3n) is 7.36. The second kappa shape index (κ2) is 7.84. The largest absolute Gasteiger partial charge is 0.478 e. The molecule has 5 heterocycles. The third-order valence-corrected chi connectivity index (χ3v) is 7.36. The fraction of sp³-hybridized carbons (Fsp3) is 0.542. The van der Waals surface area contributed by atoms with Gasteiger partial charge in [0.25, 0.3) is 0 Å². The molecule has 2 fully saturated rings. The van der Waals surface area contributed by atoms with Crippen LogP contribution in [0.15, 0.2) is 24.4 Å². The van der Waals surface area contributed by atoms with Crippen LogP contribution in [0.2, 0.25) is 0 Å². The Bertz CT molecular complexity index is 1270. The van der Waals surface area contributed by atoms with Gasteiger partial charge < -0.3 is 15.4 Å². The highest BCUT2D eigenvalue weighted by molar-refractivity contribution is 5.63. The first kappa shape index (κ1) is 22.1. The number of aromatic nitrogens is 6. The molecule has 10 nitrogen and oxygen atoms in total. The van der Waals surface area contributed by atoms with Gasteiger partial charge >= 0.3 is 0 Å². The van der Waals surface area contributed by atoms with Gasteiger partial charge in [-0.2, -0.15) is 9.67 Å². The van der Waals surface area contributed by atoms with Gasteiger partial charge in [-0.15, -0.1) is 5.10 Å². The summed E-state index contributed by atoms with van der Waals surface area (Å²) < 4.78 is 22.4. The molecule has 0 radical (unpaired) electrons. The van der Waals surface area contributed by atoms with Gasteiger partial charge in [-0.3, -0.25) is 4.90 Å². The molecule has 184 valence electrons. The maximum Gasteiger partial charge on any atom is 0.229 e. The Hall–Kier alpha value is -3.34. The van der Waals surface area contributed by atoms with Crippen molar-refractivity contribution in [3.8, 4) is 11.4 Å². The first-order valence-electron chi connectivity index (χ1n) is 12.1. The standard InChI is InChI=1S/C24H30FN9O/c1-23(2)12-15(10-16-6-5-9-33(16)23)27-20-17(25)13-26-22(29-20)28-14-7-8-19-18(11-14)34-21(30-31-32-34)24(3,4)35-19/h7-8,11,13,15-16H,5-6,9-10,12H2,1-4H3,(H2,26,27,28,29)/t15-,16-/m0/s1. The summed E-state index contributed by atoms with van der Waals surface area (Å²) in [5.41, 5.74) is 0.859. The van der Waals surface area contributed by atoms with Gasteiger partial charge in [-0.1, -0.05) is 0 Å². The van der Waals surface area contributed by atoms with Gasteiger partial charge in [-0.25, -0.2) is 9.37 Å². The van der Waals surface area contributed by atoms with Crippen LogP contribution in [0, 0.1) is 5.82 Å². The molecule has 2 N–H and O–H groups in total. The lowest BCUT2D eigenvalue weighted by Crippen LogP contribution is -2.55. The number of halogens is 1. The smallest absolute Gasteiger partial charge is 0.229 e. The number of anilines is 3. The van der Waals surface area contributed by atoms with Crippen molar-refractivity contribution in [2.24, 2.45) is 0 Å². The van der Waals surface area contributed by atoms with Gasteiger partial charge in [0.05, 0.1) is 6.20 Å². The van der Waals surface area contributed by atoms with Crippen LogP contribution in [0.4, 0.5) is 21.8 Å². The predicted molar refractivity (Wildman–Crippen MR) is 129 cm³/mol. The molecule has 3 aliphatic heterocycles. The normalized spacial score (nSPS) is 24.1. The maximum atomic E-state index is 14.7. The first-order valence-corrected chi connectivity index (χ1v) is 12.1. The van der Waals surface area contributed by atoms with Gasteiger partial charge in [0.15, 0.2) is 23.1 Å². The van der Waals surface area contributed by atoms with E-state index in [0.29, 0.717) is 34.9 Å². The Morgan fingerprint density at radius 2 is 2.06 bits per heavy atom. The minimum absolute atomic E-state index is 0.0799. The first-order chi connectivity index (χ1) is 16.7. The van der Waals surface area contributed by atoms with Crippen LogP contribution < -0.4 is 15.4 Å². The predicted octanol–water partition coefficient (Wildman–Crippen LogP) is 3.78. The summed E-state index contributed by atoms with van der Waals surface area (Å²) in [6, 6.07) is 6.27. The second-order valence-electron chi connectivity index (χ2n) is 10.8. The van der Waals surface area contributed by atoms with E-state index in [2.05, 4.69) is 54.9 Å². The van der Waals surface area contributed by atoms with Crippen molar-refractivity contribution in [2.75, 3.05) is 17.2 Å². The van der Waals surface area contributed by atoms with Gasteiger partial charge in [-0.05, 0) is 88.5 Å². The van der Waals surface area contributed by atoms with E-state index in [1.165, 1.54) is 19.0 Å². The Labute approximate surface area is 203 Å². The van der Waals surface area contributed by atoms with E-state index in [4.69, 9.17) is 4.74 Å². The highest BCUT2D eigenvalue weighted by atomic mass is 19.1. The molecule has 3 aliphatic rings. The molecule has 0 unspecified atom stereocenters. The molecule has 35 heavy (non-hydrogen) atoms. The highest BCUT2D eigenvalue weighted by Gasteiger charge is 2.43. The van der Waals surface area contributed by atoms with E-state index in [1.54, 1.807) is 4.68 Å². The molecule has 1 aromatic carbocycles. The summed E-state index contributed by atoms with van der Waals surface area (Å²) in [6.45, 7) is 9.54. The van der Waals surface area contributed by atoms with Crippen LogP contribution >= 0.6 is 0 Å². The zero-order valence-corrected chi connectivity index (χ0v) is 20.4. The van der Waals surface area contributed by atoms with Crippen LogP contribution in [-0.4, -0.2) is 59.2 Å². The van der Waals surface area contributed by atoms with Crippen LogP contribution in [0.25, 0.3) is 5.69 Å². The number of rotatable bonds is 4. The number of hydrogen-bond acceptors (Lipinski definition) is 9. The average Bonchev–Trinajstić information content (AvgIpc) is 3.47. The van der Waals surface area contributed by atoms with Crippen molar-refractivity contribution in [1.29, 1.82) is 0 Å². The lowest BCUT2D eigenvalue weighted by Gasteiger charge is -2.47. The molecule has 2 aromatic heterocycles. The highest BCUT2D eigenvalue weighted by Crippen LogP contribution is 2.40. The summed E-state index contributed by atoms with van der Waals surface area (Å²) in [6.07, 6.45) is 5.56. The SMILES string of the molecule is CC1(C)Oc2ccc(Nc3ncc(F)c(N[C@H]4C[C@@H]5CCCN5C(C)(C)C4)n3)cc2-n2nnnc21. The number of benzene rings is 1. The average molecular weight is 480 g/mol. The number of ether oxygens (including phenoxy) is 1. The quantitative estimate of drug-likeness (QED) is 0.578. The Morgan fingerprint density at radius 1 is 1.20 bits per heavy atom. The number of nitrogens with one attached hydrogen (secondary N) is 2. The minimum Gasteiger partial charge on any atom is -0.478 e. The Kier molecular flexibility index (Phi) is 4.96. The van der Waals surface area contributed by atoms with E-state index >= 15 is 0 Å². The number of piperidine rings is 1. The number of tetrazole rings is 1. The van der Waals surface area contributed by atoms with Crippen molar-refractivity contribution in [1.82, 2.24) is 35.1 Å². The monoisotopic (exact) mass is 479 g/mol. The molecule has 2 saturated heterocycles. The van der Waals surface area contributed by atoms with E-state index < -0.39 is 11.4 Å². The lowest BCUT2D eigenvalue weighted by atomic mass is 9.84. The van der Waals surface area contributed by atoms with Gasteiger partial charge in [0.1, 0.15) is 11.4 Å². The van der Waals surface area contributed by atoms with Gasteiger partial charge in [0, 0.05) is 23.3 Å². The zero-order chi connectivity index (χ0) is 24.4. The topological polar surface area (TPSA) is 106 Å². The van der Waals surface area contributed by atoms with Crippen molar-refractivity contribution in [3.63, 3.8) is 0 Å². The summed E-state index contributed by atoms with van der Waals surface area (Å²) in [7, 11) is 0. The van der Waals surface area contributed by atoms with E-state index in [-0.39, 0.29) is 17.4 Å². The molecule has 0 aliphatic carbocycles. The van der Waals surface area contributed by atoms with Crippen LogP contribution in [0.3, 0.4) is 0 Å². The molecule has 3 aromatic rings. The molecule has 11 heteroatoms. The number of fused-ring (bicyclic) bond motifs is 4. The van der Waals surface area contributed by atoms with E-state index in [9.17, 15) is 4.39 Å². The van der Waals surface area contributed by atoms with E-state index in [0.717, 1.165) is 19.4 Å². The molecular formula is C24H30FN9O. The zero-order valence-electron chi connectivity index (χ0n) is 20.4. The van der Waals surface area contributed by atoms with Crippen LogP contribution in [-0.2, 0) is 5.60 Å². The minimum atomic E-state index is -0.644. The summed E-state index contributed by atoms with van der Waals surface area (Å²) in [5, 5.41) is 18.6. The molecule has 0 spiro atoms. The third kappa shape index (κ3) is 3.87. The fourth-order valence-corrected chi connectivity index (χ4v) is 5.86. The summed E-state index contributed by atoms with van der Waals surface area (Å²) in [4.78, 5) is 11.2. The van der Waals surface area contributed by atoms with Crippen molar-refractivity contribution >= 4 is 17.5 Å². The fourth-order valence-electron chi connectivity index (χ4n) is 5.86. The molecular weight excluding hydrogens is 449 g/mol. The van der Waals surface area contributed by atoms with Crippen LogP contribution in [0.1, 0.15) is 59.2 Å². The van der Waals surface area contributed by atoms with Crippen molar-refractivity contribution in [2.45, 2.75) is 76.6 Å². The Morgan fingerprint density at radius 3 is 2.91 bits per heavy atom. The Balaban J connectivity index is 1.22. The molecule has 0 bridgehead atoms. The molecule has 0 saturated carbocycles. The van der Waals surface area contributed by atoms with Crippen molar-refractivity contribution < 1.29 is 9.13 Å². The van der Waals surface area contributed by atoms with Crippen molar-refractivity contribution in [3.05, 3.63) is 36.0 Å². The summed E-state index contributed by atoms with van der Waals surface area (Å²) >= 11 is 0. The number of nitrogens with zero attached hydrogens (tertiary/aromatic N) is 7. The van der Waals surface area contributed by atoms with Gasteiger partial charge in [0.2, 0.25) is 5.95 Å². The molecule has 2 atom stereocenters. The maximum absolute atomic E-state index is 14.7. The summed E-state index contributed by atoms with van der Waals surface area (Å²) in [5.74, 6) is 1.36. The lowest BCUT2D eigenvalue weighted by molar-refractivity contribution is 0.0500. The van der Waals surface area contributed by atoms with E-state index in [1.807, 2.05) is 32.0 Å². The molecule has 6 rings (SSSR count). The number of hydrogen-bond donors (Lipinski definition) is 2.